The van der Waals surface area contributed by atoms with Crippen LogP contribution in [0.3, 0.4) is 0 Å². The van der Waals surface area contributed by atoms with Crippen LogP contribution in [-0.2, 0) is 4.79 Å². The third-order valence-electron chi connectivity index (χ3n) is 10.7. The lowest BCUT2D eigenvalue weighted by atomic mass is 9.43. The Morgan fingerprint density at radius 2 is 1.66 bits per heavy atom. The molecule has 0 heterocycles. The second kappa shape index (κ2) is 7.78. The maximum Gasteiger partial charge on any atom is 0.188 e. The molecular weight excluding hydrogens is 400 g/mol. The van der Waals surface area contributed by atoms with Crippen molar-refractivity contribution in [1.29, 1.82) is 0 Å². The van der Waals surface area contributed by atoms with E-state index in [9.17, 15) is 20.1 Å². The molecule has 0 aromatic carbocycles. The molecule has 32 heavy (non-hydrogen) atoms. The molecule has 4 aliphatic rings. The third-order valence-corrected chi connectivity index (χ3v) is 10.7. The summed E-state index contributed by atoms with van der Waals surface area (Å²) in [5.74, 6) is 2.01. The Labute approximate surface area is 194 Å². The molecule has 9 atom stereocenters. The topological polar surface area (TPSA) is 77.8 Å². The highest BCUT2D eigenvalue weighted by molar-refractivity contribution is 6.00. The molecule has 3 saturated carbocycles. The van der Waals surface area contributed by atoms with Crippen LogP contribution >= 0.6 is 0 Å². The second-order valence-corrected chi connectivity index (χ2v) is 12.5. The molecule has 4 nitrogen and oxygen atoms in total. The van der Waals surface area contributed by atoms with Gasteiger partial charge in [0, 0.05) is 11.8 Å². The third kappa shape index (κ3) is 3.15. The van der Waals surface area contributed by atoms with Crippen molar-refractivity contribution in [3.8, 4) is 0 Å². The maximum atomic E-state index is 13.3. The van der Waals surface area contributed by atoms with E-state index in [0.29, 0.717) is 42.9 Å². The lowest BCUT2D eigenvalue weighted by Crippen LogP contribution is -2.71. The fraction of sp³-hybridized carbons (Fsp3) is 0.821. The van der Waals surface area contributed by atoms with Gasteiger partial charge in [-0.3, -0.25) is 4.79 Å². The van der Waals surface area contributed by atoms with E-state index in [0.717, 1.165) is 24.8 Å². The van der Waals surface area contributed by atoms with E-state index in [-0.39, 0.29) is 23.5 Å². The van der Waals surface area contributed by atoms with E-state index >= 15 is 0 Å². The van der Waals surface area contributed by atoms with Crippen molar-refractivity contribution >= 4 is 5.78 Å². The molecule has 0 aromatic heterocycles. The first kappa shape index (κ1) is 24.2. The maximum absolute atomic E-state index is 13.3. The van der Waals surface area contributed by atoms with Gasteiger partial charge in [0.05, 0.1) is 11.7 Å². The summed E-state index contributed by atoms with van der Waals surface area (Å²) in [5.41, 5.74) is -2.90. The predicted molar refractivity (Wildman–Crippen MR) is 127 cm³/mol. The number of carbonyl (C=O) groups is 1. The van der Waals surface area contributed by atoms with Gasteiger partial charge in [-0.15, -0.1) is 0 Å². The Hall–Kier alpha value is -0.970. The zero-order valence-electron chi connectivity index (χ0n) is 20.9. The zero-order chi connectivity index (χ0) is 23.7. The zero-order valence-corrected chi connectivity index (χ0v) is 20.9. The van der Waals surface area contributed by atoms with Crippen molar-refractivity contribution in [2.45, 2.75) is 104 Å². The number of aliphatic hydroxyl groups is 3. The van der Waals surface area contributed by atoms with Crippen LogP contribution in [0.15, 0.2) is 23.8 Å². The summed E-state index contributed by atoms with van der Waals surface area (Å²) in [6.45, 7) is 13.4. The Balaban J connectivity index is 1.67. The van der Waals surface area contributed by atoms with Crippen LogP contribution in [0.1, 0.15) is 86.5 Å². The van der Waals surface area contributed by atoms with Crippen molar-refractivity contribution in [3.05, 3.63) is 23.8 Å². The van der Waals surface area contributed by atoms with Crippen LogP contribution in [0.4, 0.5) is 0 Å². The number of aliphatic hydroxyl groups excluding tert-OH is 1. The van der Waals surface area contributed by atoms with Crippen LogP contribution in [0, 0.1) is 40.4 Å². The second-order valence-electron chi connectivity index (χ2n) is 12.5. The molecule has 4 aliphatic carbocycles. The lowest BCUT2D eigenvalue weighted by Gasteiger charge is -2.63. The van der Waals surface area contributed by atoms with Crippen molar-refractivity contribution in [2.24, 2.45) is 40.4 Å². The molecular formula is C28H44O4. The molecule has 0 aliphatic heterocycles. The minimum atomic E-state index is -1.68. The van der Waals surface area contributed by atoms with Gasteiger partial charge in [-0.25, -0.2) is 0 Å². The predicted octanol–water partition coefficient (Wildman–Crippen LogP) is 4.82. The van der Waals surface area contributed by atoms with Gasteiger partial charge in [-0.2, -0.15) is 0 Å². The van der Waals surface area contributed by atoms with E-state index in [1.54, 1.807) is 6.08 Å². The molecule has 0 radical (unpaired) electrons. The van der Waals surface area contributed by atoms with E-state index in [2.05, 4.69) is 46.8 Å². The summed E-state index contributed by atoms with van der Waals surface area (Å²) in [4.78, 5) is 13.3. The minimum absolute atomic E-state index is 0.0227. The summed E-state index contributed by atoms with van der Waals surface area (Å²) in [6.07, 6.45) is 10.2. The standard InChI is InChI=1S/C28H44O4/c1-17(2)18(3)7-8-19(4)21-9-10-22-23-15-24(30)28(32)16-20(29)11-12-26(28,6)27(23,31)14-13-25(21,22)5/h7-8,15,17-22,29,31-32H,9-14,16H2,1-6H3/b8-7+/t18-,19+,20-,21+,22?,25+,26+,27+,28+/m0/s1. The number of carbonyl (C=O) groups excluding carboxylic acids is 1. The van der Waals surface area contributed by atoms with Crippen molar-refractivity contribution < 1.29 is 20.1 Å². The van der Waals surface area contributed by atoms with Crippen molar-refractivity contribution in [2.75, 3.05) is 0 Å². The number of hydrogen-bond donors (Lipinski definition) is 3. The van der Waals surface area contributed by atoms with Crippen LogP contribution in [0.5, 0.6) is 0 Å². The first-order valence-corrected chi connectivity index (χ1v) is 12.9. The number of ketones is 1. The molecule has 0 amide bonds. The average molecular weight is 445 g/mol. The fourth-order valence-corrected chi connectivity index (χ4v) is 7.91. The first-order valence-electron chi connectivity index (χ1n) is 12.9. The van der Waals surface area contributed by atoms with E-state index in [4.69, 9.17) is 0 Å². The molecule has 0 aromatic rings. The largest absolute Gasteiger partial charge is 0.393 e. The summed E-state index contributed by atoms with van der Waals surface area (Å²) >= 11 is 0. The first-order chi connectivity index (χ1) is 14.8. The van der Waals surface area contributed by atoms with Gasteiger partial charge in [0.2, 0.25) is 0 Å². The van der Waals surface area contributed by atoms with Crippen molar-refractivity contribution in [1.82, 2.24) is 0 Å². The monoisotopic (exact) mass is 444 g/mol. The van der Waals surface area contributed by atoms with Gasteiger partial charge in [0.15, 0.2) is 5.78 Å². The molecule has 4 rings (SSSR count). The minimum Gasteiger partial charge on any atom is -0.393 e. The van der Waals surface area contributed by atoms with Gasteiger partial charge in [0.25, 0.3) is 0 Å². The number of rotatable bonds is 4. The molecule has 0 spiro atoms. The Kier molecular flexibility index (Phi) is 5.88. The van der Waals surface area contributed by atoms with Crippen LogP contribution < -0.4 is 0 Å². The van der Waals surface area contributed by atoms with Gasteiger partial charge < -0.3 is 15.3 Å². The highest BCUT2D eigenvalue weighted by Gasteiger charge is 2.71. The number of hydrogen-bond acceptors (Lipinski definition) is 4. The lowest BCUT2D eigenvalue weighted by molar-refractivity contribution is -0.223. The summed E-state index contributed by atoms with van der Waals surface area (Å²) < 4.78 is 0. The molecule has 3 fully saturated rings. The molecule has 180 valence electrons. The fourth-order valence-electron chi connectivity index (χ4n) is 7.91. The number of allylic oxidation sites excluding steroid dienone is 2. The molecule has 4 heteroatoms. The summed E-state index contributed by atoms with van der Waals surface area (Å²) in [6, 6.07) is 0. The average Bonchev–Trinajstić information content (AvgIpc) is 3.07. The smallest absolute Gasteiger partial charge is 0.188 e. The van der Waals surface area contributed by atoms with E-state index < -0.39 is 22.7 Å². The van der Waals surface area contributed by atoms with Crippen LogP contribution in [0.2, 0.25) is 0 Å². The van der Waals surface area contributed by atoms with Gasteiger partial charge >= 0.3 is 0 Å². The Morgan fingerprint density at radius 1 is 0.969 bits per heavy atom. The molecule has 3 N–H and O–H groups in total. The van der Waals surface area contributed by atoms with Crippen molar-refractivity contribution in [3.63, 3.8) is 0 Å². The van der Waals surface area contributed by atoms with E-state index in [1.807, 2.05) is 6.92 Å². The Bertz CT molecular complexity index is 829. The Morgan fingerprint density at radius 3 is 2.31 bits per heavy atom. The van der Waals surface area contributed by atoms with E-state index in [1.165, 1.54) is 0 Å². The molecule has 0 saturated heterocycles. The van der Waals surface area contributed by atoms with Crippen LogP contribution in [-0.4, -0.2) is 38.4 Å². The number of fused-ring (bicyclic) bond motifs is 5. The molecule has 0 bridgehead atoms. The highest BCUT2D eigenvalue weighted by Crippen LogP contribution is 2.68. The summed E-state index contributed by atoms with van der Waals surface area (Å²) in [5, 5.41) is 33.9. The van der Waals surface area contributed by atoms with Gasteiger partial charge in [0.1, 0.15) is 5.60 Å². The molecule has 1 unspecified atom stereocenters. The normalized spacial score (nSPS) is 48.2. The van der Waals surface area contributed by atoms with Gasteiger partial charge in [-0.05, 0) is 85.2 Å². The highest BCUT2D eigenvalue weighted by atomic mass is 16.3. The summed E-state index contributed by atoms with van der Waals surface area (Å²) in [7, 11) is 0. The van der Waals surface area contributed by atoms with Gasteiger partial charge in [-0.1, -0.05) is 53.7 Å². The quantitative estimate of drug-likeness (QED) is 0.543. The van der Waals surface area contributed by atoms with Crippen LogP contribution in [0.25, 0.3) is 0 Å². The SMILES string of the molecule is CC(C)[C@@H](C)/C=C/[C@@H](C)[C@H]1CCC2C3=CC(=O)[C@]4(O)C[C@@H](O)CC[C@]4(C)[C@@]3(O)CC[C@@]21C.